The van der Waals surface area contributed by atoms with E-state index in [1.165, 1.54) is 24.9 Å². The standard InChI is InChI=1S/C14H19NO2/c1-15-8-4-5-10-11(15)9-17-13-7-3-6-12(16-2)14(10)13/h3,6-7,10-11H,4-5,8-9H2,1-2H3/t10-,11+/m0/s1. The Labute approximate surface area is 102 Å². The van der Waals surface area contributed by atoms with Crippen LogP contribution in [0.1, 0.15) is 24.3 Å². The molecular formula is C14H19NO2. The number of rotatable bonds is 1. The van der Waals surface area contributed by atoms with Crippen LogP contribution in [0.4, 0.5) is 0 Å². The summed E-state index contributed by atoms with van der Waals surface area (Å²) in [5, 5.41) is 0. The lowest BCUT2D eigenvalue weighted by molar-refractivity contribution is 0.0853. The van der Waals surface area contributed by atoms with Crippen LogP contribution in [0, 0.1) is 0 Å². The monoisotopic (exact) mass is 233 g/mol. The molecule has 0 bridgehead atoms. The van der Waals surface area contributed by atoms with Crippen LogP contribution in [-0.2, 0) is 0 Å². The lowest BCUT2D eigenvalue weighted by Gasteiger charge is -2.43. The Morgan fingerprint density at radius 3 is 3.12 bits per heavy atom. The number of methoxy groups -OCH3 is 1. The Morgan fingerprint density at radius 2 is 2.29 bits per heavy atom. The van der Waals surface area contributed by atoms with Gasteiger partial charge < -0.3 is 9.47 Å². The van der Waals surface area contributed by atoms with Crippen molar-refractivity contribution in [3.8, 4) is 11.5 Å². The molecule has 0 aliphatic carbocycles. The summed E-state index contributed by atoms with van der Waals surface area (Å²) in [5.41, 5.74) is 1.28. The van der Waals surface area contributed by atoms with E-state index in [-0.39, 0.29) is 0 Å². The average Bonchev–Trinajstić information content (AvgIpc) is 2.38. The Balaban J connectivity index is 2.04. The maximum Gasteiger partial charge on any atom is 0.126 e. The van der Waals surface area contributed by atoms with Gasteiger partial charge in [0.05, 0.1) is 13.2 Å². The molecule has 3 nitrogen and oxygen atoms in total. The molecule has 1 saturated heterocycles. The first kappa shape index (κ1) is 10.9. The van der Waals surface area contributed by atoms with Gasteiger partial charge in [0.15, 0.2) is 0 Å². The molecule has 0 saturated carbocycles. The molecule has 1 aromatic carbocycles. The van der Waals surface area contributed by atoms with Crippen molar-refractivity contribution in [1.29, 1.82) is 0 Å². The van der Waals surface area contributed by atoms with Gasteiger partial charge in [0, 0.05) is 11.5 Å². The van der Waals surface area contributed by atoms with Crippen LogP contribution in [-0.4, -0.2) is 38.3 Å². The Bertz CT molecular complexity index is 404. The fourth-order valence-corrected chi connectivity index (χ4v) is 3.17. The van der Waals surface area contributed by atoms with E-state index >= 15 is 0 Å². The van der Waals surface area contributed by atoms with Gasteiger partial charge in [-0.3, -0.25) is 4.90 Å². The molecular weight excluding hydrogens is 214 g/mol. The van der Waals surface area contributed by atoms with Crippen LogP contribution in [0.15, 0.2) is 18.2 Å². The minimum atomic E-state index is 0.507. The molecule has 2 aliphatic heterocycles. The number of ether oxygens (including phenoxy) is 2. The van der Waals surface area contributed by atoms with Crippen molar-refractivity contribution in [1.82, 2.24) is 4.90 Å². The van der Waals surface area contributed by atoms with Crippen molar-refractivity contribution >= 4 is 0 Å². The Kier molecular flexibility index (Phi) is 2.71. The minimum absolute atomic E-state index is 0.507. The lowest BCUT2D eigenvalue weighted by atomic mass is 9.81. The van der Waals surface area contributed by atoms with Gasteiger partial charge in [-0.2, -0.15) is 0 Å². The smallest absolute Gasteiger partial charge is 0.126 e. The molecule has 3 heteroatoms. The van der Waals surface area contributed by atoms with Crippen LogP contribution in [0.2, 0.25) is 0 Å². The van der Waals surface area contributed by atoms with Gasteiger partial charge in [0.2, 0.25) is 0 Å². The summed E-state index contributed by atoms with van der Waals surface area (Å²) < 4.78 is 11.4. The fraction of sp³-hybridized carbons (Fsp3) is 0.571. The first-order valence-electron chi connectivity index (χ1n) is 6.31. The number of likely N-dealkylation sites (N-methyl/N-ethyl adjacent to an activating group) is 1. The molecule has 17 heavy (non-hydrogen) atoms. The number of piperidine rings is 1. The number of benzene rings is 1. The Morgan fingerprint density at radius 1 is 1.41 bits per heavy atom. The van der Waals surface area contributed by atoms with Crippen molar-refractivity contribution in [3.63, 3.8) is 0 Å². The largest absolute Gasteiger partial charge is 0.496 e. The topological polar surface area (TPSA) is 21.7 Å². The zero-order valence-corrected chi connectivity index (χ0v) is 10.5. The van der Waals surface area contributed by atoms with Crippen molar-refractivity contribution in [2.75, 3.05) is 27.3 Å². The molecule has 1 fully saturated rings. The quantitative estimate of drug-likeness (QED) is 0.742. The first-order valence-corrected chi connectivity index (χ1v) is 6.31. The van der Waals surface area contributed by atoms with E-state index in [2.05, 4.69) is 18.0 Å². The second-order valence-corrected chi connectivity index (χ2v) is 4.98. The van der Waals surface area contributed by atoms with E-state index in [4.69, 9.17) is 9.47 Å². The van der Waals surface area contributed by atoms with Gasteiger partial charge in [0.25, 0.3) is 0 Å². The predicted molar refractivity (Wildman–Crippen MR) is 66.9 cm³/mol. The molecule has 0 aromatic heterocycles. The molecule has 0 amide bonds. The Hall–Kier alpha value is -1.22. The second kappa shape index (κ2) is 4.22. The molecule has 2 aliphatic rings. The maximum absolute atomic E-state index is 5.88. The highest BCUT2D eigenvalue weighted by atomic mass is 16.5. The fourth-order valence-electron chi connectivity index (χ4n) is 3.17. The summed E-state index contributed by atoms with van der Waals surface area (Å²) in [6.45, 7) is 1.98. The third-order valence-electron chi connectivity index (χ3n) is 4.08. The average molecular weight is 233 g/mol. The van der Waals surface area contributed by atoms with Crippen molar-refractivity contribution < 1.29 is 9.47 Å². The molecule has 0 unspecified atom stereocenters. The normalized spacial score (nSPS) is 27.9. The summed E-state index contributed by atoms with van der Waals surface area (Å²) in [7, 11) is 3.94. The highest BCUT2D eigenvalue weighted by molar-refractivity contribution is 5.49. The van der Waals surface area contributed by atoms with Crippen LogP contribution in [0.5, 0.6) is 11.5 Å². The number of fused-ring (bicyclic) bond motifs is 3. The molecule has 2 atom stereocenters. The van der Waals surface area contributed by atoms with Crippen molar-refractivity contribution in [2.45, 2.75) is 24.8 Å². The third kappa shape index (κ3) is 1.69. The van der Waals surface area contributed by atoms with Crippen LogP contribution in [0.3, 0.4) is 0 Å². The van der Waals surface area contributed by atoms with Crippen LogP contribution < -0.4 is 9.47 Å². The lowest BCUT2D eigenvalue weighted by Crippen LogP contribution is -2.47. The van der Waals surface area contributed by atoms with Gasteiger partial charge in [-0.15, -0.1) is 0 Å². The van der Waals surface area contributed by atoms with Gasteiger partial charge in [-0.25, -0.2) is 0 Å². The zero-order valence-electron chi connectivity index (χ0n) is 10.5. The number of likely N-dealkylation sites (tertiary alicyclic amines) is 1. The number of nitrogens with zero attached hydrogens (tertiary/aromatic N) is 1. The molecule has 1 aromatic rings. The minimum Gasteiger partial charge on any atom is -0.496 e. The van der Waals surface area contributed by atoms with E-state index in [0.29, 0.717) is 12.0 Å². The molecule has 3 rings (SSSR count). The predicted octanol–water partition coefficient (Wildman–Crippen LogP) is 2.27. The summed E-state index contributed by atoms with van der Waals surface area (Å²) in [4.78, 5) is 2.42. The highest BCUT2D eigenvalue weighted by Gasteiger charge is 2.37. The zero-order chi connectivity index (χ0) is 11.8. The molecule has 92 valence electrons. The van der Waals surface area contributed by atoms with Gasteiger partial charge in [0.1, 0.15) is 18.1 Å². The molecule has 0 spiro atoms. The van der Waals surface area contributed by atoms with E-state index in [1.54, 1.807) is 7.11 Å². The third-order valence-corrected chi connectivity index (χ3v) is 4.08. The number of hydrogen-bond acceptors (Lipinski definition) is 3. The molecule has 0 N–H and O–H groups in total. The summed E-state index contributed by atoms with van der Waals surface area (Å²) >= 11 is 0. The summed E-state index contributed by atoms with van der Waals surface area (Å²) in [5.74, 6) is 2.56. The van der Waals surface area contributed by atoms with E-state index in [1.807, 2.05) is 12.1 Å². The van der Waals surface area contributed by atoms with Crippen molar-refractivity contribution in [2.24, 2.45) is 0 Å². The molecule has 0 radical (unpaired) electrons. The van der Waals surface area contributed by atoms with E-state index < -0.39 is 0 Å². The molecule has 2 heterocycles. The maximum atomic E-state index is 5.88. The summed E-state index contributed by atoms with van der Waals surface area (Å²) in [6.07, 6.45) is 2.50. The van der Waals surface area contributed by atoms with E-state index in [0.717, 1.165) is 18.1 Å². The SMILES string of the molecule is COc1cccc2c1[C@H]1CCCN(C)[C@@H]1CO2. The number of hydrogen-bond donors (Lipinski definition) is 0. The van der Waals surface area contributed by atoms with Crippen molar-refractivity contribution in [3.05, 3.63) is 23.8 Å². The highest BCUT2D eigenvalue weighted by Crippen LogP contribution is 2.45. The second-order valence-electron chi connectivity index (χ2n) is 4.98. The van der Waals surface area contributed by atoms with Gasteiger partial charge in [-0.1, -0.05) is 6.07 Å². The first-order chi connectivity index (χ1) is 8.31. The van der Waals surface area contributed by atoms with E-state index in [9.17, 15) is 0 Å². The van der Waals surface area contributed by atoms with Crippen LogP contribution >= 0.6 is 0 Å². The van der Waals surface area contributed by atoms with Gasteiger partial charge in [-0.05, 0) is 38.6 Å². The summed E-state index contributed by atoms with van der Waals surface area (Å²) in [6, 6.07) is 6.61. The van der Waals surface area contributed by atoms with Gasteiger partial charge >= 0.3 is 0 Å². The van der Waals surface area contributed by atoms with Crippen LogP contribution in [0.25, 0.3) is 0 Å².